The normalized spacial score (nSPS) is 11.2. The van der Waals surface area contributed by atoms with Crippen LogP contribution in [0.3, 0.4) is 0 Å². The Balaban J connectivity index is 1.76. The van der Waals surface area contributed by atoms with Gasteiger partial charge in [-0.1, -0.05) is 41.9 Å². The van der Waals surface area contributed by atoms with E-state index in [9.17, 15) is 4.79 Å². The first-order chi connectivity index (χ1) is 13.1. The molecule has 0 saturated heterocycles. The highest BCUT2D eigenvalue weighted by Gasteiger charge is 2.22. The molecule has 2 amide bonds. The van der Waals surface area contributed by atoms with Crippen molar-refractivity contribution in [1.82, 2.24) is 5.32 Å². The van der Waals surface area contributed by atoms with Gasteiger partial charge in [-0.05, 0) is 43.7 Å². The van der Waals surface area contributed by atoms with E-state index in [0.717, 1.165) is 54.2 Å². The summed E-state index contributed by atoms with van der Waals surface area (Å²) in [5, 5.41) is 6.61. The van der Waals surface area contributed by atoms with E-state index in [1.807, 2.05) is 42.5 Å². The molecule has 0 unspecified atom stereocenters. The van der Waals surface area contributed by atoms with E-state index in [1.54, 1.807) is 0 Å². The van der Waals surface area contributed by atoms with Gasteiger partial charge < -0.3 is 15.1 Å². The molecule has 0 aromatic heterocycles. The van der Waals surface area contributed by atoms with Crippen LogP contribution in [0.25, 0.3) is 0 Å². The van der Waals surface area contributed by atoms with Gasteiger partial charge in [0.1, 0.15) is 0 Å². The van der Waals surface area contributed by atoms with Crippen molar-refractivity contribution >= 4 is 23.3 Å². The summed E-state index contributed by atoms with van der Waals surface area (Å²) in [5.41, 5.74) is 2.09. The third-order valence-corrected chi connectivity index (χ3v) is 5.47. The van der Waals surface area contributed by atoms with E-state index >= 15 is 0 Å². The van der Waals surface area contributed by atoms with Crippen LogP contribution in [0.4, 0.5) is 10.5 Å². The molecule has 2 aromatic carbocycles. The van der Waals surface area contributed by atoms with Gasteiger partial charge >= 0.3 is 6.03 Å². The van der Waals surface area contributed by atoms with Crippen LogP contribution in [0.2, 0.25) is 5.02 Å². The van der Waals surface area contributed by atoms with E-state index in [2.05, 4.69) is 36.6 Å². The van der Waals surface area contributed by atoms with Crippen LogP contribution in [0.15, 0.2) is 54.6 Å². The van der Waals surface area contributed by atoms with Crippen molar-refractivity contribution in [3.8, 4) is 0 Å². The summed E-state index contributed by atoms with van der Waals surface area (Å²) >= 11 is 6.10. The molecule has 0 aliphatic carbocycles. The number of rotatable bonds is 10. The molecule has 0 atom stereocenters. The first kappa shape index (κ1) is 21.3. The zero-order chi connectivity index (χ0) is 19.5. The maximum atomic E-state index is 12.0. The highest BCUT2D eigenvalue weighted by Crippen LogP contribution is 2.15. The molecule has 2 rings (SSSR count). The lowest BCUT2D eigenvalue weighted by Crippen LogP contribution is -2.50. The molecule has 146 valence electrons. The van der Waals surface area contributed by atoms with E-state index in [4.69, 9.17) is 11.6 Å². The smallest absolute Gasteiger partial charge is 0.319 e. The quantitative estimate of drug-likeness (QED) is 0.438. The molecule has 4 nitrogen and oxygen atoms in total. The Bertz CT molecular complexity index is 702. The maximum Gasteiger partial charge on any atom is 0.319 e. The number of halogens is 1. The number of nitrogens with one attached hydrogen (secondary N) is 2. The summed E-state index contributed by atoms with van der Waals surface area (Å²) in [5.74, 6) is 0. The average molecular weight is 389 g/mol. The standard InChI is InChI=1S/C22H30ClN3O/c1-3-26(4-2,17-14-19-10-8-11-20(23)18-19)16-9-15-24-22(27)25-21-12-6-5-7-13-21/h5-8,10-13,18H,3-4,9,14-17H2,1-2H3,(H-,24,25,27)/p+1. The van der Waals surface area contributed by atoms with Gasteiger partial charge in [0.2, 0.25) is 0 Å². The van der Waals surface area contributed by atoms with Crippen LogP contribution < -0.4 is 10.6 Å². The Morgan fingerprint density at radius 2 is 1.74 bits per heavy atom. The lowest BCUT2D eigenvalue weighted by atomic mass is 10.1. The fourth-order valence-electron chi connectivity index (χ4n) is 3.34. The Hall–Kier alpha value is -2.04. The summed E-state index contributed by atoms with van der Waals surface area (Å²) in [6, 6.07) is 17.5. The number of hydrogen-bond acceptors (Lipinski definition) is 1. The summed E-state index contributed by atoms with van der Waals surface area (Å²) < 4.78 is 1.05. The summed E-state index contributed by atoms with van der Waals surface area (Å²) in [6.07, 6.45) is 1.98. The van der Waals surface area contributed by atoms with Crippen molar-refractivity contribution in [3.05, 3.63) is 65.2 Å². The molecule has 0 bridgehead atoms. The molecule has 2 aromatic rings. The van der Waals surface area contributed by atoms with Crippen molar-refractivity contribution in [3.63, 3.8) is 0 Å². The zero-order valence-corrected chi connectivity index (χ0v) is 17.1. The SMILES string of the molecule is CC[N+](CC)(CCCNC(=O)Nc1ccccc1)CCc1cccc(Cl)c1. The minimum Gasteiger partial charge on any atom is -0.338 e. The summed E-state index contributed by atoms with van der Waals surface area (Å²) in [4.78, 5) is 12.0. The third kappa shape index (κ3) is 7.24. The van der Waals surface area contributed by atoms with Crippen LogP contribution in [0.5, 0.6) is 0 Å². The van der Waals surface area contributed by atoms with Gasteiger partial charge in [-0.15, -0.1) is 0 Å². The van der Waals surface area contributed by atoms with Gasteiger partial charge in [-0.25, -0.2) is 4.79 Å². The monoisotopic (exact) mass is 388 g/mol. The predicted octanol–water partition coefficient (Wildman–Crippen LogP) is 4.95. The highest BCUT2D eigenvalue weighted by atomic mass is 35.5. The highest BCUT2D eigenvalue weighted by molar-refractivity contribution is 6.30. The van der Waals surface area contributed by atoms with Gasteiger partial charge in [-0.3, -0.25) is 0 Å². The molecule has 0 spiro atoms. The molecular weight excluding hydrogens is 358 g/mol. The van der Waals surface area contributed by atoms with Crippen LogP contribution >= 0.6 is 11.6 Å². The molecule has 0 aliphatic heterocycles. The van der Waals surface area contributed by atoms with Crippen molar-refractivity contribution < 1.29 is 9.28 Å². The number of likely N-dealkylation sites (N-methyl/N-ethyl adjacent to an activating group) is 1. The molecule has 0 saturated carbocycles. The number of hydrogen-bond donors (Lipinski definition) is 2. The number of para-hydroxylation sites is 1. The minimum atomic E-state index is -0.147. The average Bonchev–Trinajstić information content (AvgIpc) is 2.69. The van der Waals surface area contributed by atoms with E-state index in [1.165, 1.54) is 5.56 Å². The number of amides is 2. The molecule has 0 fully saturated rings. The molecule has 5 heteroatoms. The maximum absolute atomic E-state index is 12.0. The topological polar surface area (TPSA) is 41.1 Å². The number of urea groups is 1. The third-order valence-electron chi connectivity index (χ3n) is 5.23. The number of benzene rings is 2. The molecule has 0 heterocycles. The summed E-state index contributed by atoms with van der Waals surface area (Å²) in [7, 11) is 0. The molecule has 2 N–H and O–H groups in total. The molecule has 0 radical (unpaired) electrons. The number of nitrogens with zero attached hydrogens (tertiary/aromatic N) is 1. The van der Waals surface area contributed by atoms with Crippen molar-refractivity contribution in [2.45, 2.75) is 26.7 Å². The van der Waals surface area contributed by atoms with Crippen molar-refractivity contribution in [2.24, 2.45) is 0 Å². The number of quaternary nitrogens is 1. The zero-order valence-electron chi connectivity index (χ0n) is 16.4. The molecule has 0 aliphatic rings. The Kier molecular flexibility index (Phi) is 8.62. The molecular formula is C22H31ClN3O+. The first-order valence-electron chi connectivity index (χ1n) is 9.76. The van der Waals surface area contributed by atoms with Crippen LogP contribution in [0, 0.1) is 0 Å². The largest absolute Gasteiger partial charge is 0.338 e. The van der Waals surface area contributed by atoms with Gasteiger partial charge in [0, 0.05) is 30.1 Å². The lowest BCUT2D eigenvalue weighted by molar-refractivity contribution is -0.924. The summed E-state index contributed by atoms with van der Waals surface area (Å²) in [6.45, 7) is 9.49. The van der Waals surface area contributed by atoms with Gasteiger partial charge in [0.15, 0.2) is 0 Å². The van der Waals surface area contributed by atoms with Gasteiger partial charge in [0.25, 0.3) is 0 Å². The lowest BCUT2D eigenvalue weighted by Gasteiger charge is -2.37. The Labute approximate surface area is 168 Å². The van der Waals surface area contributed by atoms with E-state index in [0.29, 0.717) is 6.54 Å². The van der Waals surface area contributed by atoms with E-state index < -0.39 is 0 Å². The van der Waals surface area contributed by atoms with Gasteiger partial charge in [-0.2, -0.15) is 0 Å². The van der Waals surface area contributed by atoms with Gasteiger partial charge in [0.05, 0.1) is 26.2 Å². The minimum absolute atomic E-state index is 0.147. The first-order valence-corrected chi connectivity index (χ1v) is 10.1. The Morgan fingerprint density at radius 1 is 1.00 bits per heavy atom. The number of carbonyl (C=O) groups excluding carboxylic acids is 1. The van der Waals surface area contributed by atoms with Crippen LogP contribution in [-0.4, -0.2) is 43.2 Å². The number of carbonyl (C=O) groups is 1. The van der Waals surface area contributed by atoms with Crippen molar-refractivity contribution in [1.29, 1.82) is 0 Å². The van der Waals surface area contributed by atoms with E-state index in [-0.39, 0.29) is 6.03 Å². The fraction of sp³-hybridized carbons (Fsp3) is 0.409. The van der Waals surface area contributed by atoms with Crippen LogP contribution in [0.1, 0.15) is 25.8 Å². The second kappa shape index (κ2) is 11.0. The second-order valence-corrected chi connectivity index (χ2v) is 7.34. The predicted molar refractivity (Wildman–Crippen MR) is 114 cm³/mol. The fourth-order valence-corrected chi connectivity index (χ4v) is 3.55. The number of anilines is 1. The van der Waals surface area contributed by atoms with Crippen molar-refractivity contribution in [2.75, 3.05) is 38.0 Å². The second-order valence-electron chi connectivity index (χ2n) is 6.90. The van der Waals surface area contributed by atoms with Crippen LogP contribution in [-0.2, 0) is 6.42 Å². The molecule has 27 heavy (non-hydrogen) atoms. The Morgan fingerprint density at radius 3 is 2.41 bits per heavy atom.